The molecule has 0 aliphatic rings. The maximum Gasteiger partial charge on any atom is 0.416 e. The van der Waals surface area contributed by atoms with Gasteiger partial charge in [0.2, 0.25) is 5.91 Å². The predicted molar refractivity (Wildman–Crippen MR) is 94.8 cm³/mol. The number of primary amides is 1. The molecule has 0 spiro atoms. The molecule has 0 aliphatic heterocycles. The number of nitrogens with two attached hydrogens (primary N) is 1. The Morgan fingerprint density at radius 2 is 1.76 bits per heavy atom. The number of halogens is 4. The van der Waals surface area contributed by atoms with Crippen LogP contribution in [0, 0.1) is 3.57 Å². The number of alkyl halides is 3. The van der Waals surface area contributed by atoms with E-state index in [-0.39, 0.29) is 12.0 Å². The van der Waals surface area contributed by atoms with Gasteiger partial charge in [-0.05, 0) is 58.5 Å². The van der Waals surface area contributed by atoms with E-state index in [4.69, 9.17) is 5.73 Å². The van der Waals surface area contributed by atoms with Gasteiger partial charge in [0.1, 0.15) is 6.04 Å². The molecule has 4 nitrogen and oxygen atoms in total. The van der Waals surface area contributed by atoms with E-state index in [2.05, 4.69) is 27.9 Å². The fourth-order valence-electron chi connectivity index (χ4n) is 2.16. The summed E-state index contributed by atoms with van der Waals surface area (Å²) in [4.78, 5) is 23.8. The molecule has 8 heteroatoms. The molecule has 0 radical (unpaired) electrons. The first-order chi connectivity index (χ1) is 11.7. The van der Waals surface area contributed by atoms with Crippen molar-refractivity contribution in [3.8, 4) is 0 Å². The zero-order valence-corrected chi connectivity index (χ0v) is 15.0. The molecule has 0 fully saturated rings. The third-order valence-electron chi connectivity index (χ3n) is 3.45. The molecule has 0 saturated carbocycles. The van der Waals surface area contributed by atoms with Crippen molar-refractivity contribution in [2.24, 2.45) is 5.73 Å². The number of amides is 2. The third kappa shape index (κ3) is 5.45. The van der Waals surface area contributed by atoms with Crippen molar-refractivity contribution in [1.29, 1.82) is 0 Å². The molecule has 0 aliphatic carbocycles. The molecule has 0 bridgehead atoms. The highest BCUT2D eigenvalue weighted by Crippen LogP contribution is 2.29. The molecule has 2 amide bonds. The van der Waals surface area contributed by atoms with E-state index in [1.54, 1.807) is 12.1 Å². The van der Waals surface area contributed by atoms with E-state index >= 15 is 0 Å². The van der Waals surface area contributed by atoms with Crippen LogP contribution in [0.1, 0.15) is 21.5 Å². The van der Waals surface area contributed by atoms with E-state index in [9.17, 15) is 22.8 Å². The molecule has 25 heavy (non-hydrogen) atoms. The topological polar surface area (TPSA) is 72.2 Å². The highest BCUT2D eigenvalue weighted by atomic mass is 127. The fourth-order valence-corrected chi connectivity index (χ4v) is 2.52. The Bertz CT molecular complexity index is 776. The van der Waals surface area contributed by atoms with Gasteiger partial charge in [-0.1, -0.05) is 18.2 Å². The van der Waals surface area contributed by atoms with Crippen LogP contribution in [0.4, 0.5) is 13.2 Å². The SMILES string of the molecule is NC(=O)[C@H](Cc1ccc(I)cc1)NC(=O)c1cccc(C(F)(F)F)c1. The quantitative estimate of drug-likeness (QED) is 0.671. The van der Waals surface area contributed by atoms with E-state index < -0.39 is 29.6 Å². The Hall–Kier alpha value is -2.10. The van der Waals surface area contributed by atoms with Gasteiger partial charge in [0, 0.05) is 15.6 Å². The Morgan fingerprint density at radius 1 is 1.12 bits per heavy atom. The van der Waals surface area contributed by atoms with Crippen molar-refractivity contribution < 1.29 is 22.8 Å². The first-order valence-electron chi connectivity index (χ1n) is 7.18. The van der Waals surface area contributed by atoms with Crippen LogP contribution in [-0.4, -0.2) is 17.9 Å². The molecule has 2 aromatic rings. The zero-order valence-electron chi connectivity index (χ0n) is 12.8. The number of nitrogens with one attached hydrogen (secondary N) is 1. The van der Waals surface area contributed by atoms with Crippen LogP contribution in [0.5, 0.6) is 0 Å². The summed E-state index contributed by atoms with van der Waals surface area (Å²) >= 11 is 2.13. The number of benzene rings is 2. The van der Waals surface area contributed by atoms with Gasteiger partial charge >= 0.3 is 6.18 Å². The van der Waals surface area contributed by atoms with E-state index in [1.165, 1.54) is 6.07 Å². The van der Waals surface area contributed by atoms with Crippen molar-refractivity contribution in [2.75, 3.05) is 0 Å². The molecular formula is C17H14F3IN2O2. The van der Waals surface area contributed by atoms with E-state index in [1.807, 2.05) is 12.1 Å². The minimum atomic E-state index is -4.55. The summed E-state index contributed by atoms with van der Waals surface area (Å²) in [6.45, 7) is 0. The zero-order chi connectivity index (χ0) is 18.6. The van der Waals surface area contributed by atoms with Gasteiger partial charge in [0.25, 0.3) is 5.91 Å². The summed E-state index contributed by atoms with van der Waals surface area (Å²) < 4.78 is 39.2. The average molecular weight is 462 g/mol. The van der Waals surface area contributed by atoms with Gasteiger partial charge in [0.05, 0.1) is 5.56 Å². The van der Waals surface area contributed by atoms with Crippen molar-refractivity contribution >= 4 is 34.4 Å². The van der Waals surface area contributed by atoms with Crippen molar-refractivity contribution in [2.45, 2.75) is 18.6 Å². The highest BCUT2D eigenvalue weighted by Gasteiger charge is 2.31. The van der Waals surface area contributed by atoms with Crippen LogP contribution in [0.2, 0.25) is 0 Å². The number of carbonyl (C=O) groups excluding carboxylic acids is 2. The molecule has 1 atom stereocenters. The standard InChI is InChI=1S/C17H14F3IN2O2/c18-17(19,20)12-3-1-2-11(9-12)16(25)23-14(15(22)24)8-10-4-6-13(21)7-5-10/h1-7,9,14H,8H2,(H2,22,24)(H,23,25)/t14-/m0/s1. The number of rotatable bonds is 5. The number of hydrogen-bond acceptors (Lipinski definition) is 2. The van der Waals surface area contributed by atoms with Crippen molar-refractivity contribution in [3.63, 3.8) is 0 Å². The van der Waals surface area contributed by atoms with Gasteiger partial charge in [-0.15, -0.1) is 0 Å². The van der Waals surface area contributed by atoms with E-state index in [0.717, 1.165) is 27.3 Å². The average Bonchev–Trinajstić information content (AvgIpc) is 2.55. The Morgan fingerprint density at radius 3 is 2.32 bits per heavy atom. The Kier molecular flexibility index (Phi) is 6.04. The lowest BCUT2D eigenvalue weighted by molar-refractivity contribution is -0.137. The van der Waals surface area contributed by atoms with Gasteiger partial charge < -0.3 is 11.1 Å². The summed E-state index contributed by atoms with van der Waals surface area (Å²) in [5.41, 5.74) is 4.95. The molecule has 0 saturated heterocycles. The second-order valence-corrected chi connectivity index (χ2v) is 6.58. The summed E-state index contributed by atoms with van der Waals surface area (Å²) in [6, 6.07) is 10.2. The van der Waals surface area contributed by atoms with Crippen LogP contribution in [0.3, 0.4) is 0 Å². The molecule has 2 aromatic carbocycles. The summed E-state index contributed by atoms with van der Waals surface area (Å²) in [7, 11) is 0. The van der Waals surface area contributed by atoms with Crippen LogP contribution < -0.4 is 11.1 Å². The van der Waals surface area contributed by atoms with Crippen LogP contribution in [0.15, 0.2) is 48.5 Å². The van der Waals surface area contributed by atoms with Crippen molar-refractivity contribution in [1.82, 2.24) is 5.32 Å². The Balaban J connectivity index is 2.15. The lowest BCUT2D eigenvalue weighted by atomic mass is 10.0. The normalized spacial score (nSPS) is 12.5. The van der Waals surface area contributed by atoms with Gasteiger partial charge in [-0.3, -0.25) is 9.59 Å². The number of carbonyl (C=O) groups is 2. The van der Waals surface area contributed by atoms with Gasteiger partial charge in [0.15, 0.2) is 0 Å². The summed E-state index contributed by atoms with van der Waals surface area (Å²) in [5, 5.41) is 2.39. The molecule has 0 aromatic heterocycles. The minimum Gasteiger partial charge on any atom is -0.368 e. The molecule has 2 rings (SSSR count). The lowest BCUT2D eigenvalue weighted by Crippen LogP contribution is -2.45. The fraction of sp³-hybridized carbons (Fsp3) is 0.176. The molecule has 0 unspecified atom stereocenters. The first kappa shape index (κ1) is 19.2. The van der Waals surface area contributed by atoms with Gasteiger partial charge in [-0.2, -0.15) is 13.2 Å². The maximum atomic E-state index is 12.7. The third-order valence-corrected chi connectivity index (χ3v) is 4.17. The molecule has 0 heterocycles. The predicted octanol–water partition coefficient (Wildman–Crippen LogP) is 3.14. The summed E-state index contributed by atoms with van der Waals surface area (Å²) in [6.07, 6.45) is -4.41. The smallest absolute Gasteiger partial charge is 0.368 e. The van der Waals surface area contributed by atoms with Crippen LogP contribution in [0.25, 0.3) is 0 Å². The minimum absolute atomic E-state index is 0.150. The van der Waals surface area contributed by atoms with Crippen LogP contribution >= 0.6 is 22.6 Å². The van der Waals surface area contributed by atoms with Crippen LogP contribution in [-0.2, 0) is 17.4 Å². The Labute approximate surface area is 155 Å². The molecule has 132 valence electrons. The molecule has 3 N–H and O–H groups in total. The molecular weight excluding hydrogens is 448 g/mol. The van der Waals surface area contributed by atoms with Crippen molar-refractivity contribution in [3.05, 3.63) is 68.8 Å². The largest absolute Gasteiger partial charge is 0.416 e. The maximum absolute atomic E-state index is 12.7. The monoisotopic (exact) mass is 462 g/mol. The lowest BCUT2D eigenvalue weighted by Gasteiger charge is -2.16. The summed E-state index contributed by atoms with van der Waals surface area (Å²) in [5.74, 6) is -1.56. The second kappa shape index (κ2) is 7.85. The second-order valence-electron chi connectivity index (χ2n) is 5.34. The highest BCUT2D eigenvalue weighted by molar-refractivity contribution is 14.1. The van der Waals surface area contributed by atoms with Gasteiger partial charge in [-0.25, -0.2) is 0 Å². The number of hydrogen-bond donors (Lipinski definition) is 2. The first-order valence-corrected chi connectivity index (χ1v) is 8.26. The van der Waals surface area contributed by atoms with E-state index in [0.29, 0.717) is 0 Å².